The Morgan fingerprint density at radius 1 is 1.09 bits per heavy atom. The van der Waals surface area contributed by atoms with Gasteiger partial charge in [0, 0.05) is 21.7 Å². The summed E-state index contributed by atoms with van der Waals surface area (Å²) in [7, 11) is 0. The van der Waals surface area contributed by atoms with Gasteiger partial charge in [0.2, 0.25) is 0 Å². The van der Waals surface area contributed by atoms with E-state index in [4.69, 9.17) is 0 Å². The molecule has 0 N–H and O–H groups in total. The molecule has 0 nitrogen and oxygen atoms in total. The van der Waals surface area contributed by atoms with E-state index in [1.54, 1.807) is 0 Å². The Balaban J connectivity index is 2.40. The molecule has 11 heavy (non-hydrogen) atoms. The largest absolute Gasteiger partial charge is 0.168 e. The first-order chi connectivity index (χ1) is 5.33. The van der Waals surface area contributed by atoms with Crippen LogP contribution in [0.4, 0.5) is 0 Å². The van der Waals surface area contributed by atoms with E-state index in [1.165, 1.54) is 11.5 Å². The first-order valence-corrected chi connectivity index (χ1v) is 8.31. The van der Waals surface area contributed by atoms with Crippen molar-refractivity contribution in [3.63, 3.8) is 0 Å². The summed E-state index contributed by atoms with van der Waals surface area (Å²) in [6.07, 6.45) is 0. The van der Waals surface area contributed by atoms with E-state index in [0.717, 1.165) is 10.2 Å². The SMILES string of the molecule is SCSC1(SCS)SCCS1. The van der Waals surface area contributed by atoms with Crippen LogP contribution in [0.5, 0.6) is 0 Å². The average molecular weight is 263 g/mol. The number of hydrogen-bond acceptors (Lipinski definition) is 6. The zero-order chi connectivity index (χ0) is 8.16. The molecule has 1 fully saturated rings. The predicted octanol–water partition coefficient (Wildman–Crippen LogP) is 3.32. The van der Waals surface area contributed by atoms with Crippen molar-refractivity contribution in [1.82, 2.24) is 0 Å². The van der Waals surface area contributed by atoms with Gasteiger partial charge in [-0.25, -0.2) is 0 Å². The van der Waals surface area contributed by atoms with Crippen molar-refractivity contribution in [2.45, 2.75) is 2.74 Å². The van der Waals surface area contributed by atoms with Crippen molar-refractivity contribution in [3.8, 4) is 0 Å². The minimum atomic E-state index is 0.309. The second kappa shape index (κ2) is 5.75. The Morgan fingerprint density at radius 2 is 1.55 bits per heavy atom. The fourth-order valence-corrected chi connectivity index (χ4v) is 9.52. The van der Waals surface area contributed by atoms with Gasteiger partial charge in [-0.15, -0.1) is 47.0 Å². The van der Waals surface area contributed by atoms with E-state index in [2.05, 4.69) is 25.3 Å². The Morgan fingerprint density at radius 3 is 1.91 bits per heavy atom. The minimum absolute atomic E-state index is 0.309. The van der Waals surface area contributed by atoms with Crippen LogP contribution in [0.15, 0.2) is 0 Å². The number of rotatable bonds is 4. The maximum Gasteiger partial charge on any atom is 0.155 e. The van der Waals surface area contributed by atoms with Gasteiger partial charge in [-0.3, -0.25) is 0 Å². The highest BCUT2D eigenvalue weighted by atomic mass is 32.3. The predicted molar refractivity (Wildman–Crippen MR) is 70.5 cm³/mol. The van der Waals surface area contributed by atoms with E-state index in [1.807, 2.05) is 47.0 Å². The highest BCUT2D eigenvalue weighted by Gasteiger charge is 2.35. The van der Waals surface area contributed by atoms with Crippen LogP contribution in [-0.2, 0) is 0 Å². The van der Waals surface area contributed by atoms with Crippen molar-refractivity contribution in [2.24, 2.45) is 0 Å². The molecule has 0 aromatic rings. The third-order valence-corrected chi connectivity index (χ3v) is 8.89. The highest BCUT2D eigenvalue weighted by molar-refractivity contribution is 8.50. The van der Waals surface area contributed by atoms with E-state index in [-0.39, 0.29) is 0 Å². The van der Waals surface area contributed by atoms with Crippen molar-refractivity contribution in [2.75, 3.05) is 21.7 Å². The summed E-state index contributed by atoms with van der Waals surface area (Å²) in [6.45, 7) is 0. The average Bonchev–Trinajstić information content (AvgIpc) is 2.39. The third kappa shape index (κ3) is 3.38. The Hall–Kier alpha value is 2.10. The first kappa shape index (κ1) is 11.2. The van der Waals surface area contributed by atoms with Crippen molar-refractivity contribution >= 4 is 72.3 Å². The van der Waals surface area contributed by atoms with E-state index in [0.29, 0.717) is 2.74 Å². The lowest BCUT2D eigenvalue weighted by Gasteiger charge is -2.23. The maximum atomic E-state index is 4.24. The molecule has 0 saturated carbocycles. The number of thiol groups is 2. The molecule has 1 aliphatic rings. The molecule has 0 aromatic heterocycles. The second-order valence-electron chi connectivity index (χ2n) is 1.74. The van der Waals surface area contributed by atoms with Crippen LogP contribution in [0.2, 0.25) is 0 Å². The van der Waals surface area contributed by atoms with Crippen molar-refractivity contribution in [1.29, 1.82) is 0 Å². The minimum Gasteiger partial charge on any atom is -0.168 e. The standard InChI is InChI=1S/C5H10S6/c6-3-10-5(11-4-7)8-1-2-9-5/h6-7H,1-4H2. The molecule has 1 aliphatic heterocycles. The molecule has 0 amide bonds. The molecule has 0 aliphatic carbocycles. The van der Waals surface area contributed by atoms with Gasteiger partial charge in [-0.2, -0.15) is 25.3 Å². The van der Waals surface area contributed by atoms with Crippen molar-refractivity contribution < 1.29 is 0 Å². The molecule has 0 bridgehead atoms. The Kier molecular flexibility index (Phi) is 5.84. The quantitative estimate of drug-likeness (QED) is 0.589. The summed E-state index contributed by atoms with van der Waals surface area (Å²) >= 11 is 16.4. The summed E-state index contributed by atoms with van der Waals surface area (Å²) < 4.78 is 0.309. The molecular formula is C5H10S6. The number of hydrogen-bond donors (Lipinski definition) is 2. The molecule has 1 saturated heterocycles. The summed E-state index contributed by atoms with van der Waals surface area (Å²) in [4.78, 5) is 0. The molecule has 0 unspecified atom stereocenters. The van der Waals surface area contributed by atoms with Crippen molar-refractivity contribution in [3.05, 3.63) is 0 Å². The van der Waals surface area contributed by atoms with Crippen LogP contribution in [0, 0.1) is 0 Å². The van der Waals surface area contributed by atoms with Crippen LogP contribution in [0.25, 0.3) is 0 Å². The molecule has 6 heteroatoms. The monoisotopic (exact) mass is 262 g/mol. The lowest BCUT2D eigenvalue weighted by molar-refractivity contribution is 1.59. The smallest absolute Gasteiger partial charge is 0.155 e. The molecule has 1 heterocycles. The maximum absolute atomic E-state index is 4.24. The van der Waals surface area contributed by atoms with Gasteiger partial charge in [0.1, 0.15) is 0 Å². The normalized spacial score (nSPS) is 22.4. The van der Waals surface area contributed by atoms with Gasteiger partial charge in [0.15, 0.2) is 2.74 Å². The first-order valence-electron chi connectivity index (χ1n) is 3.10. The molecule has 66 valence electrons. The molecule has 1 rings (SSSR count). The molecule has 0 radical (unpaired) electrons. The van der Waals surface area contributed by atoms with Gasteiger partial charge >= 0.3 is 0 Å². The van der Waals surface area contributed by atoms with Gasteiger partial charge in [-0.1, -0.05) is 0 Å². The molecule has 0 atom stereocenters. The van der Waals surface area contributed by atoms with Crippen LogP contribution in [0.3, 0.4) is 0 Å². The fourth-order valence-electron chi connectivity index (χ4n) is 0.741. The van der Waals surface area contributed by atoms with E-state index in [9.17, 15) is 0 Å². The van der Waals surface area contributed by atoms with Crippen LogP contribution in [0.1, 0.15) is 0 Å². The Bertz CT molecular complexity index is 102. The highest BCUT2D eigenvalue weighted by Crippen LogP contribution is 2.59. The summed E-state index contributed by atoms with van der Waals surface area (Å²) in [5, 5.41) is 1.81. The van der Waals surface area contributed by atoms with Gasteiger partial charge in [0.05, 0.1) is 0 Å². The van der Waals surface area contributed by atoms with Crippen LogP contribution in [-0.4, -0.2) is 24.4 Å². The zero-order valence-electron chi connectivity index (χ0n) is 5.86. The van der Waals surface area contributed by atoms with Gasteiger partial charge in [-0.05, 0) is 0 Å². The lowest BCUT2D eigenvalue weighted by atomic mass is 11.0. The van der Waals surface area contributed by atoms with Gasteiger partial charge in [0.25, 0.3) is 0 Å². The summed E-state index contributed by atoms with van der Waals surface area (Å²) in [5.41, 5.74) is 0. The van der Waals surface area contributed by atoms with Crippen LogP contribution < -0.4 is 0 Å². The Labute approximate surface area is 96.0 Å². The zero-order valence-corrected chi connectivity index (χ0v) is 10.9. The molecule has 0 aromatic carbocycles. The summed E-state index contributed by atoms with van der Waals surface area (Å²) in [6, 6.07) is 0. The van der Waals surface area contributed by atoms with Crippen LogP contribution >= 0.6 is 72.3 Å². The molecule has 0 spiro atoms. The summed E-state index contributed by atoms with van der Waals surface area (Å²) in [5.74, 6) is 2.54. The number of thioether (sulfide) groups is 4. The third-order valence-electron chi connectivity index (χ3n) is 1.12. The molecular weight excluding hydrogens is 252 g/mol. The van der Waals surface area contributed by atoms with E-state index < -0.39 is 0 Å². The van der Waals surface area contributed by atoms with Gasteiger partial charge < -0.3 is 0 Å². The fraction of sp³-hybridized carbons (Fsp3) is 1.00. The second-order valence-corrected chi connectivity index (χ2v) is 9.78. The lowest BCUT2D eigenvalue weighted by Crippen LogP contribution is -2.05. The van der Waals surface area contributed by atoms with E-state index >= 15 is 0 Å². The topological polar surface area (TPSA) is 0 Å².